The zero-order chi connectivity index (χ0) is 11.8. The molecule has 0 aliphatic heterocycles. The summed E-state index contributed by atoms with van der Waals surface area (Å²) in [5.41, 5.74) is 6.85. The van der Waals surface area contributed by atoms with E-state index in [1.54, 1.807) is 6.20 Å². The normalized spacial score (nSPS) is 14.7. The third kappa shape index (κ3) is 4.26. The molecule has 0 aliphatic rings. The summed E-state index contributed by atoms with van der Waals surface area (Å²) in [5, 5.41) is 12.2. The van der Waals surface area contributed by atoms with Gasteiger partial charge in [0, 0.05) is 37.6 Å². The molecule has 0 saturated carbocycles. The van der Waals surface area contributed by atoms with Gasteiger partial charge in [0.05, 0.1) is 0 Å². The van der Waals surface area contributed by atoms with Crippen molar-refractivity contribution in [3.05, 3.63) is 30.1 Å². The summed E-state index contributed by atoms with van der Waals surface area (Å²) in [4.78, 5) is 4.09. The van der Waals surface area contributed by atoms with Gasteiger partial charge in [-0.3, -0.25) is 4.98 Å². The fourth-order valence-corrected chi connectivity index (χ4v) is 1.71. The lowest BCUT2D eigenvalue weighted by molar-refractivity contribution is 0.274. The van der Waals surface area contributed by atoms with Crippen LogP contribution in [0.15, 0.2) is 24.5 Å². The van der Waals surface area contributed by atoms with Crippen molar-refractivity contribution in [2.75, 3.05) is 13.2 Å². The molecule has 0 aliphatic carbocycles. The van der Waals surface area contributed by atoms with Crippen molar-refractivity contribution >= 4 is 0 Å². The first-order valence-corrected chi connectivity index (χ1v) is 5.74. The van der Waals surface area contributed by atoms with E-state index in [0.717, 1.165) is 18.4 Å². The van der Waals surface area contributed by atoms with Crippen LogP contribution in [0.5, 0.6) is 0 Å². The first-order valence-electron chi connectivity index (χ1n) is 5.74. The van der Waals surface area contributed by atoms with Crippen LogP contribution in [0.3, 0.4) is 0 Å². The quantitative estimate of drug-likeness (QED) is 0.640. The van der Waals surface area contributed by atoms with Gasteiger partial charge in [-0.15, -0.1) is 0 Å². The Labute approximate surface area is 96.9 Å². The third-order valence-electron chi connectivity index (χ3n) is 2.60. The average molecular weight is 223 g/mol. The van der Waals surface area contributed by atoms with Crippen molar-refractivity contribution in [1.29, 1.82) is 0 Å². The average Bonchev–Trinajstić information content (AvgIpc) is 2.34. The molecule has 4 heteroatoms. The standard InChI is InChI=1S/C12H21N3O/c1-10(4-3-7-16)15-12(8-13)11-5-2-6-14-9-11/h2,5-6,9-10,12,15-16H,3-4,7-8,13H2,1H3. The molecule has 0 amide bonds. The molecule has 0 fully saturated rings. The third-order valence-corrected chi connectivity index (χ3v) is 2.60. The zero-order valence-electron chi connectivity index (χ0n) is 9.76. The molecule has 0 radical (unpaired) electrons. The van der Waals surface area contributed by atoms with Crippen LogP contribution in [0.4, 0.5) is 0 Å². The fourth-order valence-electron chi connectivity index (χ4n) is 1.71. The second-order valence-corrected chi connectivity index (χ2v) is 4.01. The van der Waals surface area contributed by atoms with Crippen LogP contribution in [0.2, 0.25) is 0 Å². The Bertz CT molecular complexity index is 279. The number of hydrogen-bond donors (Lipinski definition) is 3. The predicted octanol–water partition coefficient (Wildman–Crippen LogP) is 0.832. The van der Waals surface area contributed by atoms with Gasteiger partial charge < -0.3 is 16.2 Å². The number of nitrogens with two attached hydrogens (primary N) is 1. The highest BCUT2D eigenvalue weighted by atomic mass is 16.2. The topological polar surface area (TPSA) is 71.2 Å². The minimum absolute atomic E-state index is 0.141. The van der Waals surface area contributed by atoms with E-state index < -0.39 is 0 Å². The summed E-state index contributed by atoms with van der Waals surface area (Å²) in [6.45, 7) is 2.90. The molecule has 0 aromatic carbocycles. The van der Waals surface area contributed by atoms with Crippen molar-refractivity contribution in [2.45, 2.75) is 31.8 Å². The van der Waals surface area contributed by atoms with Crippen LogP contribution in [0, 0.1) is 0 Å². The monoisotopic (exact) mass is 223 g/mol. The van der Waals surface area contributed by atoms with E-state index >= 15 is 0 Å². The Morgan fingerprint density at radius 2 is 2.38 bits per heavy atom. The van der Waals surface area contributed by atoms with Gasteiger partial charge >= 0.3 is 0 Å². The fraction of sp³-hybridized carbons (Fsp3) is 0.583. The molecule has 1 rings (SSSR count). The Kier molecular flexibility index (Phi) is 6.00. The van der Waals surface area contributed by atoms with Gasteiger partial charge in [0.2, 0.25) is 0 Å². The molecule has 90 valence electrons. The number of hydrogen-bond acceptors (Lipinski definition) is 4. The second-order valence-electron chi connectivity index (χ2n) is 4.01. The molecule has 4 nitrogen and oxygen atoms in total. The van der Waals surface area contributed by atoms with E-state index in [1.807, 2.05) is 18.3 Å². The number of pyridine rings is 1. The predicted molar refractivity (Wildman–Crippen MR) is 64.9 cm³/mol. The van der Waals surface area contributed by atoms with Crippen LogP contribution >= 0.6 is 0 Å². The molecule has 0 spiro atoms. The summed E-state index contributed by atoms with van der Waals surface area (Å²) in [5.74, 6) is 0. The number of aromatic nitrogens is 1. The van der Waals surface area contributed by atoms with Gasteiger partial charge in [-0.25, -0.2) is 0 Å². The minimum Gasteiger partial charge on any atom is -0.396 e. The molecule has 2 unspecified atom stereocenters. The molecule has 1 heterocycles. The van der Waals surface area contributed by atoms with Gasteiger partial charge in [-0.05, 0) is 31.4 Å². The number of nitrogens with zero attached hydrogens (tertiary/aromatic N) is 1. The lowest BCUT2D eigenvalue weighted by Crippen LogP contribution is -2.35. The first-order chi connectivity index (χ1) is 7.77. The van der Waals surface area contributed by atoms with Gasteiger partial charge in [0.15, 0.2) is 0 Å². The number of aliphatic hydroxyl groups is 1. The van der Waals surface area contributed by atoms with Crippen molar-refractivity contribution in [3.63, 3.8) is 0 Å². The summed E-state index contributed by atoms with van der Waals surface area (Å²) in [6.07, 6.45) is 5.36. The Balaban J connectivity index is 2.49. The number of rotatable bonds is 7. The SMILES string of the molecule is CC(CCCO)NC(CN)c1cccnc1. The van der Waals surface area contributed by atoms with E-state index in [9.17, 15) is 0 Å². The van der Waals surface area contributed by atoms with E-state index in [2.05, 4.69) is 17.2 Å². The number of nitrogens with one attached hydrogen (secondary N) is 1. The Morgan fingerprint density at radius 3 is 2.94 bits per heavy atom. The molecule has 0 bridgehead atoms. The Morgan fingerprint density at radius 1 is 1.56 bits per heavy atom. The molecule has 16 heavy (non-hydrogen) atoms. The van der Waals surface area contributed by atoms with E-state index in [4.69, 9.17) is 10.8 Å². The smallest absolute Gasteiger partial charge is 0.0461 e. The van der Waals surface area contributed by atoms with Crippen molar-refractivity contribution in [2.24, 2.45) is 5.73 Å². The Hall–Kier alpha value is -0.970. The summed E-state index contributed by atoms with van der Waals surface area (Å²) < 4.78 is 0. The second kappa shape index (κ2) is 7.33. The van der Waals surface area contributed by atoms with Crippen molar-refractivity contribution in [3.8, 4) is 0 Å². The summed E-state index contributed by atoms with van der Waals surface area (Å²) >= 11 is 0. The summed E-state index contributed by atoms with van der Waals surface area (Å²) in [6, 6.07) is 4.43. The lowest BCUT2D eigenvalue weighted by Gasteiger charge is -2.22. The highest BCUT2D eigenvalue weighted by molar-refractivity contribution is 5.14. The van der Waals surface area contributed by atoms with Crippen LogP contribution < -0.4 is 11.1 Å². The highest BCUT2D eigenvalue weighted by Crippen LogP contribution is 2.11. The van der Waals surface area contributed by atoms with Gasteiger partial charge in [-0.2, -0.15) is 0 Å². The van der Waals surface area contributed by atoms with Gasteiger partial charge in [-0.1, -0.05) is 6.07 Å². The number of aliphatic hydroxyl groups excluding tert-OH is 1. The van der Waals surface area contributed by atoms with Gasteiger partial charge in [0.1, 0.15) is 0 Å². The maximum Gasteiger partial charge on any atom is 0.0461 e. The van der Waals surface area contributed by atoms with Crippen LogP contribution in [0.25, 0.3) is 0 Å². The lowest BCUT2D eigenvalue weighted by atomic mass is 10.1. The molecule has 4 N–H and O–H groups in total. The molecule has 2 atom stereocenters. The van der Waals surface area contributed by atoms with Crippen LogP contribution in [-0.4, -0.2) is 29.3 Å². The van der Waals surface area contributed by atoms with Gasteiger partial charge in [0.25, 0.3) is 0 Å². The van der Waals surface area contributed by atoms with E-state index in [1.165, 1.54) is 0 Å². The van der Waals surface area contributed by atoms with Crippen molar-refractivity contribution in [1.82, 2.24) is 10.3 Å². The maximum atomic E-state index is 8.76. The van der Waals surface area contributed by atoms with Crippen LogP contribution in [0.1, 0.15) is 31.4 Å². The first kappa shape index (κ1) is 13.1. The van der Waals surface area contributed by atoms with E-state index in [-0.39, 0.29) is 12.6 Å². The van der Waals surface area contributed by atoms with E-state index in [0.29, 0.717) is 12.6 Å². The highest BCUT2D eigenvalue weighted by Gasteiger charge is 2.12. The molecule has 0 saturated heterocycles. The molecular weight excluding hydrogens is 202 g/mol. The summed E-state index contributed by atoms with van der Waals surface area (Å²) in [7, 11) is 0. The molecule has 1 aromatic heterocycles. The van der Waals surface area contributed by atoms with Crippen LogP contribution in [-0.2, 0) is 0 Å². The zero-order valence-corrected chi connectivity index (χ0v) is 9.76. The largest absolute Gasteiger partial charge is 0.396 e. The van der Waals surface area contributed by atoms with Crippen molar-refractivity contribution < 1.29 is 5.11 Å². The maximum absolute atomic E-state index is 8.76. The molecule has 1 aromatic rings. The molecular formula is C12H21N3O. The minimum atomic E-state index is 0.141.